The standard InChI is InChI=1S/C25H50FN9O10/c26-16-20(44-23-10(31)6-13(38)14(7-29)42-23)9(30)5-11(34-22(41)12(37)1-2-27)21(16)45-24-19(40)17(18(39)15(8-36)43-24)35-25(32)33-4-3-28/h9-21,23-24,36-40H,1-8,27-31H2,(H,34,41)(H3,32,33,35)/t9?,10?,11-,12+,13+,14?,15-,16?,17-,18?,19-,20-,21?,23-,24?/m1/s1. The van der Waals surface area contributed by atoms with Gasteiger partial charge in [0.25, 0.3) is 0 Å². The number of nitrogens with one attached hydrogen (secondary N) is 4. The molecule has 19 nitrogen and oxygen atoms in total. The molecule has 2 aliphatic heterocycles. The van der Waals surface area contributed by atoms with E-state index in [-0.39, 0.29) is 51.4 Å². The van der Waals surface area contributed by atoms with Crippen LogP contribution < -0.4 is 44.6 Å². The van der Waals surface area contributed by atoms with Gasteiger partial charge in [-0.05, 0) is 25.8 Å². The summed E-state index contributed by atoms with van der Waals surface area (Å²) in [6.07, 6.45) is -16.2. The van der Waals surface area contributed by atoms with E-state index in [1.165, 1.54) is 0 Å². The Morgan fingerprint density at radius 1 is 0.956 bits per heavy atom. The second-order valence-electron chi connectivity index (χ2n) is 11.5. The number of hydrogen-bond acceptors (Lipinski definition) is 16. The highest BCUT2D eigenvalue weighted by molar-refractivity contribution is 5.80. The fraction of sp³-hybridized carbons (Fsp3) is 0.920. The van der Waals surface area contributed by atoms with E-state index < -0.39 is 104 Å². The van der Waals surface area contributed by atoms with Crippen LogP contribution in [-0.2, 0) is 23.7 Å². The lowest BCUT2D eigenvalue weighted by Crippen LogP contribution is -2.69. The summed E-state index contributed by atoms with van der Waals surface area (Å²) in [5, 5.41) is 67.8. The van der Waals surface area contributed by atoms with Crippen molar-refractivity contribution in [3.05, 3.63) is 0 Å². The molecule has 1 saturated carbocycles. The lowest BCUT2D eigenvalue weighted by molar-refractivity contribution is -0.311. The second kappa shape index (κ2) is 17.3. The number of carbonyl (C=O) groups excluding carboxylic acids is 1. The summed E-state index contributed by atoms with van der Waals surface area (Å²) >= 11 is 0. The summed E-state index contributed by atoms with van der Waals surface area (Å²) in [5.41, 5.74) is 29.0. The highest BCUT2D eigenvalue weighted by Gasteiger charge is 2.53. The predicted molar refractivity (Wildman–Crippen MR) is 155 cm³/mol. The van der Waals surface area contributed by atoms with Crippen LogP contribution in [0.3, 0.4) is 0 Å². The first kappa shape index (κ1) is 37.6. The number of hydrogen-bond donors (Lipinski definition) is 14. The molecular weight excluding hydrogens is 605 g/mol. The molecule has 15 atom stereocenters. The number of carbonyl (C=O) groups is 1. The van der Waals surface area contributed by atoms with E-state index >= 15 is 4.39 Å². The topological polar surface area (TPSA) is 345 Å². The monoisotopic (exact) mass is 655 g/mol. The first-order chi connectivity index (χ1) is 21.4. The summed E-state index contributed by atoms with van der Waals surface area (Å²) in [4.78, 5) is 12.7. The maximum Gasteiger partial charge on any atom is 0.249 e. The molecule has 0 aromatic heterocycles. The van der Waals surface area contributed by atoms with Gasteiger partial charge in [0.1, 0.15) is 36.6 Å². The summed E-state index contributed by atoms with van der Waals surface area (Å²) in [6, 6.07) is -4.46. The van der Waals surface area contributed by atoms with Crippen LogP contribution in [0.2, 0.25) is 0 Å². The lowest BCUT2D eigenvalue weighted by atomic mass is 9.84. The zero-order valence-corrected chi connectivity index (χ0v) is 24.9. The average molecular weight is 656 g/mol. The summed E-state index contributed by atoms with van der Waals surface area (Å²) in [7, 11) is 0. The zero-order valence-electron chi connectivity index (χ0n) is 24.9. The van der Waals surface area contributed by atoms with Crippen molar-refractivity contribution in [1.82, 2.24) is 16.0 Å². The summed E-state index contributed by atoms with van der Waals surface area (Å²) in [5.74, 6) is -1.17. The van der Waals surface area contributed by atoms with E-state index in [1.807, 2.05) is 0 Å². The Bertz CT molecular complexity index is 950. The number of ether oxygens (including phenoxy) is 4. The van der Waals surface area contributed by atoms with E-state index in [4.69, 9.17) is 53.0 Å². The van der Waals surface area contributed by atoms with Crippen LogP contribution in [0.15, 0.2) is 0 Å². The van der Waals surface area contributed by atoms with E-state index in [0.717, 1.165) is 0 Å². The zero-order chi connectivity index (χ0) is 33.4. The van der Waals surface area contributed by atoms with E-state index in [9.17, 15) is 30.3 Å². The van der Waals surface area contributed by atoms with Crippen molar-refractivity contribution >= 4 is 11.9 Å². The first-order valence-corrected chi connectivity index (χ1v) is 15.0. The fourth-order valence-electron chi connectivity index (χ4n) is 5.61. The smallest absolute Gasteiger partial charge is 0.249 e. The van der Waals surface area contributed by atoms with Crippen LogP contribution in [-0.4, -0.2) is 162 Å². The molecule has 0 aromatic carbocycles. The molecular formula is C25H50FN9O10. The minimum atomic E-state index is -2.13. The Morgan fingerprint density at radius 3 is 2.24 bits per heavy atom. The van der Waals surface area contributed by atoms with Gasteiger partial charge in [-0.25, -0.2) is 4.39 Å². The van der Waals surface area contributed by atoms with E-state index in [0.29, 0.717) is 0 Å². The molecule has 0 radical (unpaired) electrons. The normalized spacial score (nSPS) is 41.2. The number of amides is 1. The Hall–Kier alpha value is -1.89. The maximum absolute atomic E-state index is 16.5. The molecule has 2 saturated heterocycles. The molecule has 2 heterocycles. The molecule has 3 aliphatic rings. The second-order valence-corrected chi connectivity index (χ2v) is 11.5. The van der Waals surface area contributed by atoms with Crippen LogP contribution in [0.25, 0.3) is 0 Å². The van der Waals surface area contributed by atoms with Gasteiger partial charge >= 0.3 is 0 Å². The summed E-state index contributed by atoms with van der Waals surface area (Å²) in [6.45, 7) is -0.397. The van der Waals surface area contributed by atoms with Crippen molar-refractivity contribution in [3.63, 3.8) is 0 Å². The lowest BCUT2D eigenvalue weighted by Gasteiger charge is -2.48. The van der Waals surface area contributed by atoms with E-state index in [2.05, 4.69) is 16.0 Å². The molecule has 262 valence electrons. The molecule has 1 amide bonds. The number of rotatable bonds is 13. The average Bonchev–Trinajstić information content (AvgIpc) is 3.00. The Morgan fingerprint density at radius 2 is 1.62 bits per heavy atom. The van der Waals surface area contributed by atoms with Crippen LogP contribution in [0.1, 0.15) is 19.3 Å². The van der Waals surface area contributed by atoms with Crippen LogP contribution in [0, 0.1) is 5.41 Å². The van der Waals surface area contributed by atoms with Crippen LogP contribution >= 0.6 is 0 Å². The number of aliphatic hydroxyl groups excluding tert-OH is 5. The molecule has 0 bridgehead atoms. The molecule has 20 heteroatoms. The number of alkyl halides is 1. The van der Waals surface area contributed by atoms with Gasteiger partial charge in [0.05, 0.1) is 36.9 Å². The van der Waals surface area contributed by atoms with Crippen molar-refractivity contribution in [2.24, 2.45) is 28.7 Å². The van der Waals surface area contributed by atoms with Crippen molar-refractivity contribution in [1.29, 1.82) is 5.41 Å². The summed E-state index contributed by atoms with van der Waals surface area (Å²) < 4.78 is 39.6. The third-order valence-electron chi connectivity index (χ3n) is 8.10. The third kappa shape index (κ3) is 9.35. The minimum Gasteiger partial charge on any atom is -0.394 e. The van der Waals surface area contributed by atoms with E-state index in [1.54, 1.807) is 0 Å². The van der Waals surface area contributed by atoms with Gasteiger partial charge in [0, 0.05) is 25.7 Å². The van der Waals surface area contributed by atoms with Gasteiger partial charge in [-0.2, -0.15) is 0 Å². The van der Waals surface area contributed by atoms with Crippen LogP contribution in [0.5, 0.6) is 0 Å². The Balaban J connectivity index is 1.86. The molecule has 3 fully saturated rings. The molecule has 45 heavy (non-hydrogen) atoms. The van der Waals surface area contributed by atoms with Crippen molar-refractivity contribution in [2.45, 2.75) is 111 Å². The first-order valence-electron chi connectivity index (χ1n) is 15.0. The number of guanidine groups is 1. The predicted octanol–water partition coefficient (Wildman–Crippen LogP) is -7.34. The van der Waals surface area contributed by atoms with Gasteiger partial charge in [-0.3, -0.25) is 10.2 Å². The van der Waals surface area contributed by atoms with Gasteiger partial charge in [0.2, 0.25) is 5.91 Å². The Labute approximate surface area is 259 Å². The molecule has 0 spiro atoms. The van der Waals surface area contributed by atoms with Crippen molar-refractivity contribution in [3.8, 4) is 0 Å². The number of nitrogens with two attached hydrogens (primary N) is 5. The van der Waals surface area contributed by atoms with Crippen molar-refractivity contribution in [2.75, 3.05) is 32.8 Å². The third-order valence-corrected chi connectivity index (χ3v) is 8.10. The number of halogens is 1. The molecule has 7 unspecified atom stereocenters. The molecule has 19 N–H and O–H groups in total. The highest BCUT2D eigenvalue weighted by Crippen LogP contribution is 2.33. The minimum absolute atomic E-state index is 0.00298. The van der Waals surface area contributed by atoms with Gasteiger partial charge < -0.3 is 89.1 Å². The SMILES string of the molecule is N=C(NCCN)N[C@@H]1C(O)[C@@H](CO)OC(OC2C(F)[C@H](O[C@H]3OC(CN)[C@@H](O)CC3N)C(N)C[C@H]2NC(=O)[C@@H](O)CCN)[C@@H]1O. The quantitative estimate of drug-likeness (QED) is 0.0647. The number of aliphatic hydroxyl groups is 5. The fourth-order valence-corrected chi connectivity index (χ4v) is 5.61. The molecule has 3 rings (SSSR count). The van der Waals surface area contributed by atoms with Gasteiger partial charge in [-0.1, -0.05) is 0 Å². The van der Waals surface area contributed by atoms with Gasteiger partial charge in [0.15, 0.2) is 24.7 Å². The molecule has 1 aliphatic carbocycles. The Kier molecular flexibility index (Phi) is 14.5. The van der Waals surface area contributed by atoms with Crippen molar-refractivity contribution < 1.29 is 53.7 Å². The molecule has 0 aromatic rings. The van der Waals surface area contributed by atoms with Gasteiger partial charge in [-0.15, -0.1) is 0 Å². The van der Waals surface area contributed by atoms with Crippen LogP contribution in [0.4, 0.5) is 4.39 Å². The largest absolute Gasteiger partial charge is 0.394 e. The highest BCUT2D eigenvalue weighted by atomic mass is 19.1. The maximum atomic E-state index is 16.5.